The summed E-state index contributed by atoms with van der Waals surface area (Å²) in [5.41, 5.74) is 1.96. The Morgan fingerprint density at radius 1 is 1.24 bits per heavy atom. The second-order valence-corrected chi connectivity index (χ2v) is 6.30. The Hall–Kier alpha value is -1.68. The number of likely N-dealkylation sites (tertiary alicyclic amines) is 1. The van der Waals surface area contributed by atoms with E-state index in [2.05, 4.69) is 13.8 Å². The third-order valence-corrected chi connectivity index (χ3v) is 3.83. The number of aliphatic hydroxyl groups is 1. The van der Waals surface area contributed by atoms with Gasteiger partial charge in [-0.1, -0.05) is 45.0 Å². The minimum Gasteiger partial charge on any atom is -0.387 e. The van der Waals surface area contributed by atoms with Gasteiger partial charge >= 0.3 is 0 Å². The monoisotopic (exact) mass is 289 g/mol. The molecule has 21 heavy (non-hydrogen) atoms. The molecule has 0 aliphatic carbocycles. The molecule has 0 bridgehead atoms. The van der Waals surface area contributed by atoms with Gasteiger partial charge in [0.1, 0.15) is 0 Å². The fourth-order valence-corrected chi connectivity index (χ4v) is 2.67. The smallest absolute Gasteiger partial charge is 0.232 e. The zero-order valence-corrected chi connectivity index (χ0v) is 12.9. The summed E-state index contributed by atoms with van der Waals surface area (Å²) < 4.78 is 0. The zero-order valence-electron chi connectivity index (χ0n) is 12.9. The molecule has 0 saturated carbocycles. The zero-order chi connectivity index (χ0) is 15.6. The summed E-state index contributed by atoms with van der Waals surface area (Å²) in [5.74, 6) is -0.0568. The number of carbonyl (C=O) groups excluding carboxylic acids is 2. The van der Waals surface area contributed by atoms with Crippen LogP contribution in [0.5, 0.6) is 0 Å². The first-order valence-corrected chi connectivity index (χ1v) is 7.49. The maximum absolute atomic E-state index is 11.9. The van der Waals surface area contributed by atoms with Crippen molar-refractivity contribution < 1.29 is 14.7 Å². The standard InChI is InChI=1S/C17H23NO3/c1-11(2)8-13-4-6-14(7-5-13)15(19)10-18-16(20)9-12(3)17(18)21/h4-7,11-12,15,19H,8-10H2,1-3H3. The molecule has 0 radical (unpaired) electrons. The maximum atomic E-state index is 11.9. The van der Waals surface area contributed by atoms with Gasteiger partial charge in [-0.15, -0.1) is 0 Å². The number of aliphatic hydroxyl groups excluding tert-OH is 1. The van der Waals surface area contributed by atoms with Crippen LogP contribution in [0.3, 0.4) is 0 Å². The highest BCUT2D eigenvalue weighted by atomic mass is 16.3. The van der Waals surface area contributed by atoms with E-state index < -0.39 is 6.10 Å². The van der Waals surface area contributed by atoms with Gasteiger partial charge in [0, 0.05) is 12.3 Å². The van der Waals surface area contributed by atoms with E-state index in [1.807, 2.05) is 24.3 Å². The maximum Gasteiger partial charge on any atom is 0.232 e. The fraction of sp³-hybridized carbons (Fsp3) is 0.529. The minimum absolute atomic E-state index is 0.0472. The van der Waals surface area contributed by atoms with Crippen molar-refractivity contribution >= 4 is 11.8 Å². The molecule has 1 aliphatic heterocycles. The van der Waals surface area contributed by atoms with Gasteiger partial charge in [0.15, 0.2) is 0 Å². The van der Waals surface area contributed by atoms with Gasteiger partial charge in [-0.3, -0.25) is 14.5 Å². The summed E-state index contributed by atoms with van der Waals surface area (Å²) in [5, 5.41) is 10.2. The van der Waals surface area contributed by atoms with Crippen molar-refractivity contribution in [2.75, 3.05) is 6.54 Å². The summed E-state index contributed by atoms with van der Waals surface area (Å²) in [7, 11) is 0. The van der Waals surface area contributed by atoms with Crippen LogP contribution < -0.4 is 0 Å². The van der Waals surface area contributed by atoms with Crippen LogP contribution in [-0.2, 0) is 16.0 Å². The SMILES string of the molecule is CC(C)Cc1ccc(C(O)CN2C(=O)CC(C)C2=O)cc1. The van der Waals surface area contributed by atoms with Crippen molar-refractivity contribution in [1.29, 1.82) is 0 Å². The molecule has 1 heterocycles. The van der Waals surface area contributed by atoms with Crippen LogP contribution in [0.1, 0.15) is 44.4 Å². The Kier molecular flexibility index (Phi) is 4.78. The summed E-state index contributed by atoms with van der Waals surface area (Å²) in [6, 6.07) is 7.73. The molecule has 1 N–H and O–H groups in total. The lowest BCUT2D eigenvalue weighted by Crippen LogP contribution is -2.34. The van der Waals surface area contributed by atoms with Crippen molar-refractivity contribution in [3.8, 4) is 0 Å². The molecular formula is C17H23NO3. The number of hydrogen-bond acceptors (Lipinski definition) is 3. The number of imide groups is 1. The van der Waals surface area contributed by atoms with E-state index in [9.17, 15) is 14.7 Å². The van der Waals surface area contributed by atoms with Gasteiger partial charge in [0.25, 0.3) is 0 Å². The topological polar surface area (TPSA) is 57.6 Å². The number of benzene rings is 1. The molecule has 114 valence electrons. The van der Waals surface area contributed by atoms with Crippen LogP contribution in [-0.4, -0.2) is 28.4 Å². The second kappa shape index (κ2) is 6.39. The Labute approximate surface area is 125 Å². The van der Waals surface area contributed by atoms with Gasteiger partial charge in [0.2, 0.25) is 11.8 Å². The third kappa shape index (κ3) is 3.70. The molecule has 2 unspecified atom stereocenters. The van der Waals surface area contributed by atoms with Gasteiger partial charge in [-0.25, -0.2) is 0 Å². The van der Waals surface area contributed by atoms with Gasteiger partial charge in [0.05, 0.1) is 12.6 Å². The van der Waals surface area contributed by atoms with Crippen LogP contribution in [0.25, 0.3) is 0 Å². The van der Waals surface area contributed by atoms with E-state index in [-0.39, 0.29) is 30.7 Å². The van der Waals surface area contributed by atoms with Gasteiger partial charge < -0.3 is 5.11 Å². The van der Waals surface area contributed by atoms with Crippen LogP contribution in [0.2, 0.25) is 0 Å². The normalized spacial score (nSPS) is 20.4. The predicted octanol–water partition coefficient (Wildman–Crippen LogP) is 2.31. The summed E-state index contributed by atoms with van der Waals surface area (Å²) in [6.07, 6.45) is 0.423. The fourth-order valence-electron chi connectivity index (χ4n) is 2.67. The number of nitrogens with zero attached hydrogens (tertiary/aromatic N) is 1. The van der Waals surface area contributed by atoms with Crippen LogP contribution >= 0.6 is 0 Å². The molecule has 1 aromatic carbocycles. The van der Waals surface area contributed by atoms with Crippen molar-refractivity contribution in [2.45, 2.75) is 39.7 Å². The van der Waals surface area contributed by atoms with Crippen molar-refractivity contribution in [3.63, 3.8) is 0 Å². The lowest BCUT2D eigenvalue weighted by Gasteiger charge is -2.19. The number of carbonyl (C=O) groups is 2. The van der Waals surface area contributed by atoms with E-state index >= 15 is 0 Å². The van der Waals surface area contributed by atoms with E-state index in [1.54, 1.807) is 6.92 Å². The average Bonchev–Trinajstić information content (AvgIpc) is 2.65. The van der Waals surface area contributed by atoms with E-state index in [0.29, 0.717) is 5.92 Å². The highest BCUT2D eigenvalue weighted by molar-refractivity contribution is 6.03. The van der Waals surface area contributed by atoms with Gasteiger partial charge in [-0.05, 0) is 23.5 Å². The molecule has 4 heteroatoms. The number of amides is 2. The highest BCUT2D eigenvalue weighted by Gasteiger charge is 2.36. The molecular weight excluding hydrogens is 266 g/mol. The highest BCUT2D eigenvalue weighted by Crippen LogP contribution is 2.23. The third-order valence-electron chi connectivity index (χ3n) is 3.83. The van der Waals surface area contributed by atoms with E-state index in [4.69, 9.17) is 0 Å². The summed E-state index contributed by atoms with van der Waals surface area (Å²) >= 11 is 0. The molecule has 0 spiro atoms. The Morgan fingerprint density at radius 2 is 1.86 bits per heavy atom. The molecule has 0 aromatic heterocycles. The first-order valence-electron chi connectivity index (χ1n) is 7.49. The first-order chi connectivity index (χ1) is 9.88. The lowest BCUT2D eigenvalue weighted by atomic mass is 10.00. The molecule has 2 rings (SSSR count). The van der Waals surface area contributed by atoms with Gasteiger partial charge in [-0.2, -0.15) is 0 Å². The minimum atomic E-state index is -0.823. The molecule has 2 amide bonds. The Morgan fingerprint density at radius 3 is 2.33 bits per heavy atom. The summed E-state index contributed by atoms with van der Waals surface area (Å²) in [4.78, 5) is 24.8. The van der Waals surface area contributed by atoms with Crippen molar-refractivity contribution in [3.05, 3.63) is 35.4 Å². The van der Waals surface area contributed by atoms with Crippen molar-refractivity contribution in [1.82, 2.24) is 4.90 Å². The van der Waals surface area contributed by atoms with Crippen LogP contribution in [0.15, 0.2) is 24.3 Å². The Bertz CT molecular complexity index is 521. The second-order valence-electron chi connectivity index (χ2n) is 6.30. The quantitative estimate of drug-likeness (QED) is 0.846. The van der Waals surface area contributed by atoms with Crippen LogP contribution in [0, 0.1) is 11.8 Å². The summed E-state index contributed by atoms with van der Waals surface area (Å²) in [6.45, 7) is 6.11. The Balaban J connectivity index is 2.02. The lowest BCUT2D eigenvalue weighted by molar-refractivity contribution is -0.140. The number of β-amino-alcohol motifs (C(OH)–C–C–N with tert-alkyl or cyclic N) is 1. The largest absolute Gasteiger partial charge is 0.387 e. The molecule has 1 aliphatic rings. The van der Waals surface area contributed by atoms with Crippen molar-refractivity contribution in [2.24, 2.45) is 11.8 Å². The molecule has 1 aromatic rings. The molecule has 1 fully saturated rings. The molecule has 1 saturated heterocycles. The van der Waals surface area contributed by atoms with E-state index in [1.165, 1.54) is 10.5 Å². The van der Waals surface area contributed by atoms with E-state index in [0.717, 1.165) is 12.0 Å². The number of hydrogen-bond donors (Lipinski definition) is 1. The first kappa shape index (κ1) is 15.7. The predicted molar refractivity (Wildman–Crippen MR) is 80.4 cm³/mol. The molecule has 4 nitrogen and oxygen atoms in total. The van der Waals surface area contributed by atoms with Crippen LogP contribution in [0.4, 0.5) is 0 Å². The number of rotatable bonds is 5. The molecule has 2 atom stereocenters. The average molecular weight is 289 g/mol.